The van der Waals surface area contributed by atoms with Crippen LogP contribution in [0.4, 0.5) is 10.2 Å². The SMILES string of the molecule is CC(C)(C)Cc1nn(-c2ccccc2F)c(N)c1Br. The van der Waals surface area contributed by atoms with Crippen molar-refractivity contribution in [2.24, 2.45) is 5.41 Å². The summed E-state index contributed by atoms with van der Waals surface area (Å²) >= 11 is 3.44. The van der Waals surface area contributed by atoms with Gasteiger partial charge < -0.3 is 5.73 Å². The summed E-state index contributed by atoms with van der Waals surface area (Å²) in [6, 6.07) is 6.46. The Balaban J connectivity index is 2.50. The van der Waals surface area contributed by atoms with Crippen molar-refractivity contribution in [1.82, 2.24) is 9.78 Å². The summed E-state index contributed by atoms with van der Waals surface area (Å²) in [5.41, 5.74) is 7.30. The monoisotopic (exact) mass is 325 g/mol. The number of aromatic nitrogens is 2. The van der Waals surface area contributed by atoms with Crippen LogP contribution < -0.4 is 5.73 Å². The Labute approximate surface area is 120 Å². The van der Waals surface area contributed by atoms with Crippen LogP contribution in [0.2, 0.25) is 0 Å². The van der Waals surface area contributed by atoms with E-state index in [2.05, 4.69) is 41.8 Å². The number of rotatable bonds is 2. The van der Waals surface area contributed by atoms with E-state index < -0.39 is 0 Å². The number of hydrogen-bond donors (Lipinski definition) is 1. The molecule has 102 valence electrons. The third kappa shape index (κ3) is 2.97. The first-order valence-corrected chi connectivity index (χ1v) is 6.86. The minimum atomic E-state index is -0.341. The third-order valence-electron chi connectivity index (χ3n) is 2.71. The number of anilines is 1. The fourth-order valence-corrected chi connectivity index (χ4v) is 2.27. The van der Waals surface area contributed by atoms with Gasteiger partial charge in [0.2, 0.25) is 0 Å². The molecule has 0 aliphatic carbocycles. The van der Waals surface area contributed by atoms with Gasteiger partial charge in [-0.3, -0.25) is 0 Å². The second kappa shape index (κ2) is 4.96. The smallest absolute Gasteiger partial charge is 0.148 e. The van der Waals surface area contributed by atoms with Gasteiger partial charge in [0.25, 0.3) is 0 Å². The molecule has 2 rings (SSSR count). The van der Waals surface area contributed by atoms with Gasteiger partial charge in [-0.15, -0.1) is 0 Å². The van der Waals surface area contributed by atoms with E-state index in [1.54, 1.807) is 18.2 Å². The lowest BCUT2D eigenvalue weighted by Gasteiger charge is -2.16. The van der Waals surface area contributed by atoms with E-state index in [0.29, 0.717) is 11.5 Å². The van der Waals surface area contributed by atoms with Crippen LogP contribution in [0, 0.1) is 11.2 Å². The zero-order valence-electron chi connectivity index (χ0n) is 11.2. The normalized spacial score (nSPS) is 11.8. The second-order valence-electron chi connectivity index (χ2n) is 5.75. The van der Waals surface area contributed by atoms with Gasteiger partial charge in [-0.05, 0) is 39.9 Å². The summed E-state index contributed by atoms with van der Waals surface area (Å²) in [7, 11) is 0. The molecule has 19 heavy (non-hydrogen) atoms. The zero-order valence-corrected chi connectivity index (χ0v) is 12.8. The highest BCUT2D eigenvalue weighted by Crippen LogP contribution is 2.31. The fourth-order valence-electron chi connectivity index (χ4n) is 1.88. The number of nitrogen functional groups attached to an aromatic ring is 1. The first kappa shape index (κ1) is 14.1. The molecule has 1 heterocycles. The molecule has 3 nitrogen and oxygen atoms in total. The van der Waals surface area contributed by atoms with E-state index in [1.807, 2.05) is 0 Å². The molecule has 0 unspecified atom stereocenters. The largest absolute Gasteiger partial charge is 0.383 e. The van der Waals surface area contributed by atoms with Gasteiger partial charge in [-0.1, -0.05) is 32.9 Å². The summed E-state index contributed by atoms with van der Waals surface area (Å²) in [5.74, 6) is 0.0795. The Kier molecular flexibility index (Phi) is 3.67. The highest BCUT2D eigenvalue weighted by atomic mass is 79.9. The Morgan fingerprint density at radius 2 is 1.95 bits per heavy atom. The standard InChI is InChI=1S/C14H17BrFN3/c1-14(2,3)8-10-12(15)13(17)19(18-10)11-7-5-4-6-9(11)16/h4-7H,8,17H2,1-3H3. The zero-order chi connectivity index (χ0) is 14.2. The molecule has 0 amide bonds. The van der Waals surface area contributed by atoms with Gasteiger partial charge >= 0.3 is 0 Å². The van der Waals surface area contributed by atoms with Gasteiger partial charge in [0.05, 0.1) is 10.2 Å². The average molecular weight is 326 g/mol. The van der Waals surface area contributed by atoms with Crippen LogP contribution >= 0.6 is 15.9 Å². The van der Waals surface area contributed by atoms with E-state index in [1.165, 1.54) is 10.7 Å². The minimum absolute atomic E-state index is 0.0867. The van der Waals surface area contributed by atoms with Gasteiger partial charge in [0.15, 0.2) is 0 Å². The molecular weight excluding hydrogens is 309 g/mol. The van der Waals surface area contributed by atoms with Crippen LogP contribution in [0.5, 0.6) is 0 Å². The second-order valence-corrected chi connectivity index (χ2v) is 6.54. The maximum Gasteiger partial charge on any atom is 0.148 e. The lowest BCUT2D eigenvalue weighted by atomic mass is 9.91. The van der Waals surface area contributed by atoms with E-state index in [9.17, 15) is 4.39 Å². The number of benzene rings is 1. The Morgan fingerprint density at radius 1 is 1.32 bits per heavy atom. The van der Waals surface area contributed by atoms with E-state index in [-0.39, 0.29) is 11.2 Å². The van der Waals surface area contributed by atoms with Crippen molar-refractivity contribution in [3.05, 3.63) is 40.2 Å². The summed E-state index contributed by atoms with van der Waals surface area (Å²) < 4.78 is 16.0. The number of nitrogens with zero attached hydrogens (tertiary/aromatic N) is 2. The number of nitrogens with two attached hydrogens (primary N) is 1. The Bertz CT molecular complexity index is 599. The average Bonchev–Trinajstić information content (AvgIpc) is 2.56. The number of hydrogen-bond acceptors (Lipinski definition) is 2. The van der Waals surface area contributed by atoms with Gasteiger partial charge in [0, 0.05) is 0 Å². The third-order valence-corrected chi connectivity index (χ3v) is 3.57. The molecule has 1 aromatic carbocycles. The number of halogens is 2. The summed E-state index contributed by atoms with van der Waals surface area (Å²) in [6.07, 6.45) is 0.763. The van der Waals surface area contributed by atoms with Crippen LogP contribution in [0.3, 0.4) is 0 Å². The van der Waals surface area contributed by atoms with Crippen molar-refractivity contribution in [3.63, 3.8) is 0 Å². The molecule has 2 N–H and O–H groups in total. The summed E-state index contributed by atoms with van der Waals surface area (Å²) in [6.45, 7) is 6.37. The Morgan fingerprint density at radius 3 is 2.53 bits per heavy atom. The van der Waals surface area contributed by atoms with Gasteiger partial charge in [0.1, 0.15) is 17.3 Å². The predicted octanol–water partition coefficient (Wildman–Crippen LogP) is 3.94. The molecule has 0 atom stereocenters. The molecule has 0 aliphatic rings. The van der Waals surface area contributed by atoms with Crippen molar-refractivity contribution < 1.29 is 4.39 Å². The van der Waals surface area contributed by atoms with Gasteiger partial charge in [-0.2, -0.15) is 5.10 Å². The topological polar surface area (TPSA) is 43.8 Å². The Hall–Kier alpha value is -1.36. The van der Waals surface area contributed by atoms with Crippen LogP contribution in [0.25, 0.3) is 5.69 Å². The molecule has 0 bridgehead atoms. The predicted molar refractivity (Wildman–Crippen MR) is 78.8 cm³/mol. The van der Waals surface area contributed by atoms with E-state index in [0.717, 1.165) is 16.6 Å². The molecule has 0 radical (unpaired) electrons. The molecule has 1 aromatic heterocycles. The lowest BCUT2D eigenvalue weighted by molar-refractivity contribution is 0.404. The summed E-state index contributed by atoms with van der Waals surface area (Å²) in [4.78, 5) is 0. The van der Waals surface area contributed by atoms with Crippen molar-refractivity contribution in [1.29, 1.82) is 0 Å². The van der Waals surface area contributed by atoms with Crippen LogP contribution in [-0.4, -0.2) is 9.78 Å². The fraction of sp³-hybridized carbons (Fsp3) is 0.357. The maximum atomic E-state index is 13.8. The van der Waals surface area contributed by atoms with Crippen LogP contribution in [0.1, 0.15) is 26.5 Å². The van der Waals surface area contributed by atoms with Crippen molar-refractivity contribution in [3.8, 4) is 5.69 Å². The summed E-state index contributed by atoms with van der Waals surface area (Å²) in [5, 5.41) is 4.43. The van der Waals surface area contributed by atoms with E-state index in [4.69, 9.17) is 5.73 Å². The van der Waals surface area contributed by atoms with Crippen LogP contribution in [0.15, 0.2) is 28.7 Å². The molecular formula is C14H17BrFN3. The molecule has 0 saturated carbocycles. The first-order valence-electron chi connectivity index (χ1n) is 6.07. The molecule has 0 spiro atoms. The van der Waals surface area contributed by atoms with E-state index >= 15 is 0 Å². The first-order chi connectivity index (χ1) is 8.79. The quantitative estimate of drug-likeness (QED) is 0.908. The molecule has 0 aliphatic heterocycles. The van der Waals surface area contributed by atoms with Crippen molar-refractivity contribution >= 4 is 21.7 Å². The minimum Gasteiger partial charge on any atom is -0.383 e. The van der Waals surface area contributed by atoms with Crippen molar-refractivity contribution in [2.45, 2.75) is 27.2 Å². The van der Waals surface area contributed by atoms with Crippen molar-refractivity contribution in [2.75, 3.05) is 5.73 Å². The highest BCUT2D eigenvalue weighted by Gasteiger charge is 2.21. The van der Waals surface area contributed by atoms with Crippen LogP contribution in [-0.2, 0) is 6.42 Å². The number of para-hydroxylation sites is 1. The highest BCUT2D eigenvalue weighted by molar-refractivity contribution is 9.10. The molecule has 0 saturated heterocycles. The molecule has 5 heteroatoms. The molecule has 0 fully saturated rings. The maximum absolute atomic E-state index is 13.8. The lowest BCUT2D eigenvalue weighted by Crippen LogP contribution is -2.10. The molecule has 2 aromatic rings. The van der Waals surface area contributed by atoms with Gasteiger partial charge in [-0.25, -0.2) is 9.07 Å².